The van der Waals surface area contributed by atoms with Crippen molar-refractivity contribution < 1.29 is 4.84 Å². The highest BCUT2D eigenvalue weighted by atomic mass is 35.5. The molecule has 1 aromatic rings. The molecule has 15 heavy (non-hydrogen) atoms. The van der Waals surface area contributed by atoms with Crippen molar-refractivity contribution in [1.29, 1.82) is 0 Å². The van der Waals surface area contributed by atoms with Crippen molar-refractivity contribution in [2.45, 2.75) is 6.42 Å². The van der Waals surface area contributed by atoms with Crippen LogP contribution in [-0.4, -0.2) is 6.61 Å². The molecule has 0 aliphatic rings. The van der Waals surface area contributed by atoms with Crippen molar-refractivity contribution in [3.05, 3.63) is 48.0 Å². The van der Waals surface area contributed by atoms with Gasteiger partial charge in [-0.1, -0.05) is 42.2 Å². The second kappa shape index (κ2) is 9.29. The molecule has 0 radical (unpaired) electrons. The van der Waals surface area contributed by atoms with Crippen molar-refractivity contribution in [2.75, 3.05) is 6.61 Å². The zero-order valence-corrected chi connectivity index (χ0v) is 9.17. The predicted molar refractivity (Wildman–Crippen MR) is 64.5 cm³/mol. The van der Waals surface area contributed by atoms with Gasteiger partial charge in [0.2, 0.25) is 0 Å². The van der Waals surface area contributed by atoms with Crippen LogP contribution in [0.4, 0.5) is 0 Å². The van der Waals surface area contributed by atoms with Crippen LogP contribution in [0.5, 0.6) is 0 Å². The second-order valence-electron chi connectivity index (χ2n) is 2.68. The Balaban J connectivity index is 0.00000196. The lowest BCUT2D eigenvalue weighted by atomic mass is 10.2. The van der Waals surface area contributed by atoms with Crippen LogP contribution in [-0.2, 0) is 4.84 Å². The summed E-state index contributed by atoms with van der Waals surface area (Å²) in [4.78, 5) is 4.37. The third-order valence-corrected chi connectivity index (χ3v) is 1.59. The van der Waals surface area contributed by atoms with Gasteiger partial charge < -0.3 is 4.84 Å². The number of nitrogens with two attached hydrogens (primary N) is 1. The number of hydrogen-bond acceptors (Lipinski definition) is 2. The molecule has 0 spiro atoms. The van der Waals surface area contributed by atoms with Crippen LogP contribution in [0.15, 0.2) is 42.5 Å². The molecule has 0 saturated carbocycles. The van der Waals surface area contributed by atoms with Gasteiger partial charge in [0.25, 0.3) is 0 Å². The summed E-state index contributed by atoms with van der Waals surface area (Å²) < 4.78 is 0. The molecule has 0 saturated heterocycles. The molecule has 0 aliphatic heterocycles. The van der Waals surface area contributed by atoms with Gasteiger partial charge >= 0.3 is 0 Å². The third kappa shape index (κ3) is 6.75. The van der Waals surface area contributed by atoms with Crippen LogP contribution < -0.4 is 5.90 Å². The lowest BCUT2D eigenvalue weighted by Crippen LogP contribution is -1.96. The summed E-state index contributed by atoms with van der Waals surface area (Å²) in [7, 11) is 0. The van der Waals surface area contributed by atoms with Gasteiger partial charge in [-0.2, -0.15) is 0 Å². The minimum Gasteiger partial charge on any atom is -0.300 e. The first-order chi connectivity index (χ1) is 6.93. The lowest BCUT2D eigenvalue weighted by molar-refractivity contribution is 0.168. The van der Waals surface area contributed by atoms with Crippen molar-refractivity contribution in [3.63, 3.8) is 0 Å². The first kappa shape index (κ1) is 13.7. The van der Waals surface area contributed by atoms with Gasteiger partial charge in [-0.3, -0.25) is 0 Å². The minimum absolute atomic E-state index is 0. The summed E-state index contributed by atoms with van der Waals surface area (Å²) in [6.07, 6.45) is 4.50. The first-order valence-corrected chi connectivity index (χ1v) is 4.44. The smallest absolute Gasteiger partial charge is 0.0861 e. The van der Waals surface area contributed by atoms with Gasteiger partial charge in [-0.25, -0.2) is 5.90 Å². The Bertz CT molecular complexity index is 338. The molecule has 0 aromatic heterocycles. The molecule has 0 unspecified atom stereocenters. The standard InChI is InChI=1S/C12H13NO.ClH/c13-14-11-7-2-1-4-8-12-9-5-3-6-10-12;/h2-3,5-7,9-10H,1,11,13H2;1H. The van der Waals surface area contributed by atoms with E-state index in [1.54, 1.807) is 0 Å². The summed E-state index contributed by atoms with van der Waals surface area (Å²) in [6, 6.07) is 9.90. The van der Waals surface area contributed by atoms with Crippen molar-refractivity contribution in [2.24, 2.45) is 5.90 Å². The van der Waals surface area contributed by atoms with Crippen LogP contribution in [0.2, 0.25) is 0 Å². The van der Waals surface area contributed by atoms with Gasteiger partial charge in [0.05, 0.1) is 6.61 Å². The fraction of sp³-hybridized carbons (Fsp3) is 0.167. The molecule has 1 rings (SSSR count). The SMILES string of the molecule is Cl.NOCC=CCC#Cc1ccccc1. The Labute approximate surface area is 96.5 Å². The van der Waals surface area contributed by atoms with Crippen LogP contribution in [0.25, 0.3) is 0 Å². The summed E-state index contributed by atoms with van der Waals surface area (Å²) in [5.41, 5.74) is 1.04. The van der Waals surface area contributed by atoms with Gasteiger partial charge in [0.1, 0.15) is 0 Å². The molecule has 2 N–H and O–H groups in total. The number of rotatable bonds is 3. The van der Waals surface area contributed by atoms with E-state index in [0.29, 0.717) is 6.61 Å². The maximum absolute atomic E-state index is 4.85. The maximum atomic E-state index is 4.85. The molecule has 0 atom stereocenters. The highest BCUT2D eigenvalue weighted by molar-refractivity contribution is 5.85. The number of allylic oxidation sites excluding steroid dienone is 1. The van der Waals surface area contributed by atoms with E-state index in [4.69, 9.17) is 5.90 Å². The Morgan fingerprint density at radius 1 is 1.20 bits per heavy atom. The lowest BCUT2D eigenvalue weighted by Gasteiger charge is -1.86. The van der Waals surface area contributed by atoms with Crippen LogP contribution in [0.1, 0.15) is 12.0 Å². The van der Waals surface area contributed by atoms with Gasteiger partial charge in [0.15, 0.2) is 0 Å². The number of halogens is 1. The Morgan fingerprint density at radius 2 is 1.93 bits per heavy atom. The third-order valence-electron chi connectivity index (χ3n) is 1.59. The van der Waals surface area contributed by atoms with E-state index in [0.717, 1.165) is 12.0 Å². The fourth-order valence-electron chi connectivity index (χ4n) is 0.940. The van der Waals surface area contributed by atoms with E-state index in [-0.39, 0.29) is 12.4 Å². The molecule has 0 heterocycles. The molecule has 0 bridgehead atoms. The summed E-state index contributed by atoms with van der Waals surface area (Å²) in [5.74, 6) is 10.9. The second-order valence-corrected chi connectivity index (χ2v) is 2.68. The molecular formula is C12H14ClNO. The van der Waals surface area contributed by atoms with Gasteiger partial charge in [-0.05, 0) is 12.1 Å². The monoisotopic (exact) mass is 223 g/mol. The van der Waals surface area contributed by atoms with Gasteiger partial charge in [0, 0.05) is 12.0 Å². The van der Waals surface area contributed by atoms with Crippen molar-refractivity contribution in [3.8, 4) is 11.8 Å². The van der Waals surface area contributed by atoms with E-state index in [9.17, 15) is 0 Å². The van der Waals surface area contributed by atoms with E-state index >= 15 is 0 Å². The van der Waals surface area contributed by atoms with E-state index in [1.807, 2.05) is 42.5 Å². The van der Waals surface area contributed by atoms with Crippen LogP contribution in [0, 0.1) is 11.8 Å². The highest BCUT2D eigenvalue weighted by Crippen LogP contribution is 1.95. The Kier molecular flexibility index (Phi) is 8.50. The molecule has 0 fully saturated rings. The van der Waals surface area contributed by atoms with E-state index in [2.05, 4.69) is 16.7 Å². The molecule has 80 valence electrons. The van der Waals surface area contributed by atoms with E-state index in [1.165, 1.54) is 0 Å². The molecule has 2 nitrogen and oxygen atoms in total. The Morgan fingerprint density at radius 3 is 2.60 bits per heavy atom. The van der Waals surface area contributed by atoms with Crippen LogP contribution in [0.3, 0.4) is 0 Å². The predicted octanol–water partition coefficient (Wildman–Crippen LogP) is 2.30. The molecule has 1 aromatic carbocycles. The topological polar surface area (TPSA) is 35.2 Å². The highest BCUT2D eigenvalue weighted by Gasteiger charge is 1.79. The molecule has 3 heteroatoms. The fourth-order valence-corrected chi connectivity index (χ4v) is 0.940. The number of hydrogen-bond donors (Lipinski definition) is 1. The average molecular weight is 224 g/mol. The molecule has 0 amide bonds. The number of benzene rings is 1. The summed E-state index contributed by atoms with van der Waals surface area (Å²) >= 11 is 0. The largest absolute Gasteiger partial charge is 0.300 e. The van der Waals surface area contributed by atoms with Crippen LogP contribution >= 0.6 is 12.4 Å². The maximum Gasteiger partial charge on any atom is 0.0861 e. The quantitative estimate of drug-likeness (QED) is 0.485. The summed E-state index contributed by atoms with van der Waals surface area (Å²) in [6.45, 7) is 0.438. The summed E-state index contributed by atoms with van der Waals surface area (Å²) in [5, 5.41) is 0. The van der Waals surface area contributed by atoms with Crippen molar-refractivity contribution in [1.82, 2.24) is 0 Å². The molecule has 0 aliphatic carbocycles. The minimum atomic E-state index is 0. The van der Waals surface area contributed by atoms with E-state index < -0.39 is 0 Å². The Hall–Kier alpha value is -1.27. The zero-order chi connectivity index (χ0) is 10.1. The van der Waals surface area contributed by atoms with Crippen molar-refractivity contribution >= 4 is 12.4 Å². The molecular weight excluding hydrogens is 210 g/mol. The average Bonchev–Trinajstić information content (AvgIpc) is 2.25. The normalized spacial score (nSPS) is 9.13. The first-order valence-electron chi connectivity index (χ1n) is 4.44. The van der Waals surface area contributed by atoms with Gasteiger partial charge in [-0.15, -0.1) is 12.4 Å². The zero-order valence-electron chi connectivity index (χ0n) is 8.35.